The van der Waals surface area contributed by atoms with Crippen LogP contribution >= 0.6 is 15.6 Å². The Morgan fingerprint density at radius 1 is 0.269 bits per heavy atom. The van der Waals surface area contributed by atoms with E-state index in [9.17, 15) is 43.2 Å². The number of esters is 4. The molecule has 0 spiro atoms. The van der Waals surface area contributed by atoms with Crippen LogP contribution < -0.4 is 0 Å². The van der Waals surface area contributed by atoms with Gasteiger partial charge in [-0.15, -0.1) is 0 Å². The van der Waals surface area contributed by atoms with Crippen molar-refractivity contribution in [3.8, 4) is 0 Å². The van der Waals surface area contributed by atoms with Crippen molar-refractivity contribution < 1.29 is 80.2 Å². The van der Waals surface area contributed by atoms with Crippen LogP contribution in [0.4, 0.5) is 0 Å². The summed E-state index contributed by atoms with van der Waals surface area (Å²) in [5.41, 5.74) is 0. The van der Waals surface area contributed by atoms with Crippen molar-refractivity contribution in [1.29, 1.82) is 0 Å². The molecular weight excluding hydrogens is 1400 g/mol. The summed E-state index contributed by atoms with van der Waals surface area (Å²) in [6.07, 6.45) is 93.7. The molecule has 0 amide bonds. The molecule has 0 radical (unpaired) electrons. The van der Waals surface area contributed by atoms with E-state index in [0.717, 1.165) is 128 Å². The van der Waals surface area contributed by atoms with Crippen LogP contribution in [0.25, 0.3) is 0 Å². The normalized spacial score (nSPS) is 14.6. The molecule has 616 valence electrons. The molecule has 0 aromatic carbocycles. The average molecular weight is 1550 g/mol. The molecule has 0 heterocycles. The zero-order valence-corrected chi connectivity index (χ0v) is 69.3. The highest BCUT2D eigenvalue weighted by Crippen LogP contribution is 2.45. The quantitative estimate of drug-likeness (QED) is 0.0169. The van der Waals surface area contributed by atoms with Gasteiger partial charge in [-0.3, -0.25) is 37.3 Å². The zero-order valence-electron chi connectivity index (χ0n) is 67.5. The maximum absolute atomic E-state index is 13.1. The SMILES string of the molecule is CC/C=C\C/C=C\C/C=C\C/C=C\C/C=C\CCCCCC(=O)OC[C@H](COP(=O)(O)OC[C@@H](O)COP(=O)(O)OC[C@@H](COC(=O)CCCCCCCCCCCCCCCCC)OC(=O)CCC/C=C\C/C=C\C/C=C\C/C=C\CCCCC)OC(=O)CCC/C=C\C/C=C\C/C=C\C/C=C\CCCCC. The minimum Gasteiger partial charge on any atom is -0.462 e. The highest BCUT2D eigenvalue weighted by atomic mass is 31.2. The minimum atomic E-state index is -5.01. The Morgan fingerprint density at radius 2 is 0.491 bits per heavy atom. The summed E-state index contributed by atoms with van der Waals surface area (Å²) in [4.78, 5) is 73.1. The van der Waals surface area contributed by atoms with Crippen molar-refractivity contribution in [3.05, 3.63) is 158 Å². The summed E-state index contributed by atoms with van der Waals surface area (Å²) in [7, 11) is -10.0. The Bertz CT molecular complexity index is 2660. The second kappa shape index (κ2) is 79.8. The number of rotatable bonds is 77. The molecule has 0 aliphatic carbocycles. The van der Waals surface area contributed by atoms with Crippen LogP contribution in [0.3, 0.4) is 0 Å². The van der Waals surface area contributed by atoms with E-state index in [2.05, 4.69) is 161 Å². The highest BCUT2D eigenvalue weighted by Gasteiger charge is 2.30. The zero-order chi connectivity index (χ0) is 78.9. The fourth-order valence-corrected chi connectivity index (χ4v) is 12.2. The first-order chi connectivity index (χ1) is 52.7. The molecule has 19 heteroatoms. The first-order valence-electron chi connectivity index (χ1n) is 41.7. The Hall–Kier alpha value is -5.32. The maximum atomic E-state index is 13.1. The van der Waals surface area contributed by atoms with E-state index in [0.29, 0.717) is 38.5 Å². The van der Waals surface area contributed by atoms with Gasteiger partial charge in [0.15, 0.2) is 12.2 Å². The van der Waals surface area contributed by atoms with Gasteiger partial charge >= 0.3 is 39.5 Å². The van der Waals surface area contributed by atoms with Gasteiger partial charge in [-0.1, -0.05) is 308 Å². The van der Waals surface area contributed by atoms with Crippen molar-refractivity contribution in [2.45, 2.75) is 341 Å². The van der Waals surface area contributed by atoms with Crippen molar-refractivity contribution in [1.82, 2.24) is 0 Å². The van der Waals surface area contributed by atoms with Crippen molar-refractivity contribution in [3.63, 3.8) is 0 Å². The lowest BCUT2D eigenvalue weighted by atomic mass is 10.0. The number of carbonyl (C=O) groups is 4. The lowest BCUT2D eigenvalue weighted by Crippen LogP contribution is -2.30. The molecule has 5 atom stereocenters. The first-order valence-corrected chi connectivity index (χ1v) is 44.7. The van der Waals surface area contributed by atoms with Gasteiger partial charge in [-0.2, -0.15) is 0 Å². The molecule has 0 rings (SSSR count). The lowest BCUT2D eigenvalue weighted by Gasteiger charge is -2.21. The second-order valence-corrected chi connectivity index (χ2v) is 30.2. The van der Waals surface area contributed by atoms with E-state index in [1.54, 1.807) is 0 Å². The van der Waals surface area contributed by atoms with Gasteiger partial charge in [0.05, 0.1) is 26.4 Å². The molecule has 0 saturated carbocycles. The van der Waals surface area contributed by atoms with E-state index in [1.807, 2.05) is 24.3 Å². The molecule has 108 heavy (non-hydrogen) atoms. The summed E-state index contributed by atoms with van der Waals surface area (Å²) in [6.45, 7) is 4.56. The standard InChI is InChI=1S/C89H148O17P2/c1-5-9-13-17-21-25-29-33-37-40-41-44-46-50-54-58-62-66-70-74-87(92)100-80-85(106-89(94)76-72-68-64-60-56-52-48-43-39-35-31-27-23-19-15-11-7-3)82-104-108(97,98)102-78-83(90)77-101-107(95,96)103-81-84(79-99-86(91)73-69-65-61-57-53-49-45-36-32-28-24-20-16-12-8-4)105-88(93)75-71-67-63-59-55-51-47-42-38-34-30-26-22-18-14-10-6-2/h9,13,21-23,25-27,33-35,37-39,41,44,47-48,50-52,54,59-60,63-64,83-85,90H,5-8,10-12,14-20,24,28-32,36,40,42-43,45-46,49,53,55-58,61-62,65-82H2,1-4H3,(H,95,96)(H,97,98)/b13-9-,25-21-,26-22-,27-23-,37-33-,38-34-,39-35-,44-41-,51-47-,52-48-,54-50-,63-59-,64-60-/t83-,84+,85+/m0/s1. The van der Waals surface area contributed by atoms with Gasteiger partial charge in [-0.05, 0) is 148 Å². The minimum absolute atomic E-state index is 0.00492. The number of aliphatic hydroxyl groups is 1. The average Bonchev–Trinajstić information content (AvgIpc) is 0.903. The third kappa shape index (κ3) is 78.8. The Kier molecular flexibility index (Phi) is 75.8. The summed E-state index contributed by atoms with van der Waals surface area (Å²) in [5.74, 6) is -2.34. The molecule has 3 N–H and O–H groups in total. The third-order valence-electron chi connectivity index (χ3n) is 17.0. The van der Waals surface area contributed by atoms with Gasteiger partial charge in [0, 0.05) is 25.7 Å². The number of ether oxygens (including phenoxy) is 4. The predicted molar refractivity (Wildman–Crippen MR) is 445 cm³/mol. The summed E-state index contributed by atoms with van der Waals surface area (Å²) < 4.78 is 68.6. The van der Waals surface area contributed by atoms with E-state index in [-0.39, 0.29) is 25.7 Å². The molecule has 2 unspecified atom stereocenters. The Labute approximate surface area is 655 Å². The fourth-order valence-electron chi connectivity index (χ4n) is 10.6. The van der Waals surface area contributed by atoms with Crippen molar-refractivity contribution >= 4 is 39.5 Å². The third-order valence-corrected chi connectivity index (χ3v) is 18.9. The summed E-state index contributed by atoms with van der Waals surface area (Å²) in [6, 6.07) is 0. The molecule has 0 aliphatic heterocycles. The fraction of sp³-hybridized carbons (Fsp3) is 0.663. The number of hydrogen-bond acceptors (Lipinski definition) is 15. The van der Waals surface area contributed by atoms with Crippen LogP contribution in [0.1, 0.15) is 323 Å². The van der Waals surface area contributed by atoms with Crippen LogP contribution in [0.5, 0.6) is 0 Å². The van der Waals surface area contributed by atoms with Gasteiger partial charge in [0.25, 0.3) is 0 Å². The van der Waals surface area contributed by atoms with E-state index < -0.39 is 97.5 Å². The first kappa shape index (κ1) is 103. The smallest absolute Gasteiger partial charge is 0.462 e. The molecule has 0 aliphatic rings. The molecular formula is C89H148O17P2. The van der Waals surface area contributed by atoms with Crippen molar-refractivity contribution in [2.75, 3.05) is 39.6 Å². The molecule has 0 fully saturated rings. The Morgan fingerprint density at radius 3 is 0.787 bits per heavy atom. The number of carbonyl (C=O) groups excluding carboxylic acids is 4. The van der Waals surface area contributed by atoms with E-state index >= 15 is 0 Å². The monoisotopic (exact) mass is 1550 g/mol. The number of allylic oxidation sites excluding steroid dienone is 26. The van der Waals surface area contributed by atoms with E-state index in [4.69, 9.17) is 37.0 Å². The van der Waals surface area contributed by atoms with Crippen molar-refractivity contribution in [2.24, 2.45) is 0 Å². The largest absolute Gasteiger partial charge is 0.472 e. The van der Waals surface area contributed by atoms with Crippen LogP contribution in [-0.4, -0.2) is 96.7 Å². The number of aliphatic hydroxyl groups excluding tert-OH is 1. The second-order valence-electron chi connectivity index (χ2n) is 27.3. The number of phosphoric ester groups is 2. The highest BCUT2D eigenvalue weighted by molar-refractivity contribution is 7.47. The molecule has 0 saturated heterocycles. The molecule has 0 aromatic rings. The number of unbranched alkanes of at least 4 members (excludes halogenated alkanes) is 25. The Balaban J connectivity index is 5.51. The molecule has 0 bridgehead atoms. The number of phosphoric acid groups is 2. The maximum Gasteiger partial charge on any atom is 0.472 e. The lowest BCUT2D eigenvalue weighted by molar-refractivity contribution is -0.161. The topological polar surface area (TPSA) is 237 Å². The number of hydrogen-bond donors (Lipinski definition) is 3. The van der Waals surface area contributed by atoms with Crippen LogP contribution in [-0.2, 0) is 65.4 Å². The van der Waals surface area contributed by atoms with Crippen LogP contribution in [0.15, 0.2) is 158 Å². The van der Waals surface area contributed by atoms with Gasteiger partial charge in [0.2, 0.25) is 0 Å². The summed E-state index contributed by atoms with van der Waals surface area (Å²) >= 11 is 0. The van der Waals surface area contributed by atoms with Gasteiger partial charge < -0.3 is 33.8 Å². The molecule has 0 aromatic heterocycles. The van der Waals surface area contributed by atoms with Gasteiger partial charge in [0.1, 0.15) is 19.3 Å². The van der Waals surface area contributed by atoms with Crippen LogP contribution in [0.2, 0.25) is 0 Å². The van der Waals surface area contributed by atoms with Crippen LogP contribution in [0, 0.1) is 0 Å². The van der Waals surface area contributed by atoms with E-state index in [1.165, 1.54) is 103 Å². The summed E-state index contributed by atoms with van der Waals surface area (Å²) in [5, 5.41) is 10.7. The predicted octanol–water partition coefficient (Wildman–Crippen LogP) is 24.8. The van der Waals surface area contributed by atoms with Gasteiger partial charge in [-0.25, -0.2) is 9.13 Å². The molecule has 17 nitrogen and oxygen atoms in total.